The topological polar surface area (TPSA) is 9.23 Å². The van der Waals surface area contributed by atoms with Crippen molar-refractivity contribution in [1.82, 2.24) is 0 Å². The monoisotopic (exact) mass is 414 g/mol. The van der Waals surface area contributed by atoms with Gasteiger partial charge in [0.05, 0.1) is 0 Å². The van der Waals surface area contributed by atoms with Crippen LogP contribution in [0.15, 0.2) is 103 Å². The molecule has 0 saturated heterocycles. The lowest BCUT2D eigenvalue weighted by molar-refractivity contribution is 0.306. The second-order valence-electron chi connectivity index (χ2n) is 9.14. The van der Waals surface area contributed by atoms with Gasteiger partial charge in [-0.2, -0.15) is 0 Å². The SMILES string of the molecule is C(=C1c2ccccc2CC12Cc1ccccc1C2)c1ccc(OCc2ccccc2)cc1. The van der Waals surface area contributed by atoms with E-state index in [4.69, 9.17) is 4.74 Å². The van der Waals surface area contributed by atoms with Gasteiger partial charge in [0.25, 0.3) is 0 Å². The van der Waals surface area contributed by atoms with Crippen LogP contribution in [-0.2, 0) is 25.9 Å². The van der Waals surface area contributed by atoms with Crippen LogP contribution in [0.4, 0.5) is 0 Å². The van der Waals surface area contributed by atoms with Crippen molar-refractivity contribution in [3.05, 3.63) is 137 Å². The van der Waals surface area contributed by atoms with Gasteiger partial charge in [-0.15, -0.1) is 0 Å². The fraction of sp³-hybridized carbons (Fsp3) is 0.161. The van der Waals surface area contributed by atoms with Crippen LogP contribution in [0.3, 0.4) is 0 Å². The average molecular weight is 415 g/mol. The maximum atomic E-state index is 5.99. The third-order valence-electron chi connectivity index (χ3n) is 7.02. The number of hydrogen-bond donors (Lipinski definition) is 0. The Kier molecular flexibility index (Phi) is 4.69. The van der Waals surface area contributed by atoms with Crippen molar-refractivity contribution in [2.75, 3.05) is 0 Å². The first-order chi connectivity index (χ1) is 15.8. The molecule has 0 fully saturated rings. The zero-order valence-corrected chi connectivity index (χ0v) is 18.1. The zero-order valence-electron chi connectivity index (χ0n) is 18.1. The van der Waals surface area contributed by atoms with Gasteiger partial charge in [-0.05, 0) is 70.3 Å². The highest BCUT2D eigenvalue weighted by Crippen LogP contribution is 2.54. The maximum Gasteiger partial charge on any atom is 0.119 e. The molecular formula is C31H26O. The van der Waals surface area contributed by atoms with Crippen molar-refractivity contribution in [2.45, 2.75) is 25.9 Å². The molecule has 1 nitrogen and oxygen atoms in total. The van der Waals surface area contributed by atoms with Crippen LogP contribution in [0.5, 0.6) is 5.75 Å². The smallest absolute Gasteiger partial charge is 0.119 e. The van der Waals surface area contributed by atoms with Crippen molar-refractivity contribution in [3.8, 4) is 5.75 Å². The van der Waals surface area contributed by atoms with E-state index in [9.17, 15) is 0 Å². The van der Waals surface area contributed by atoms with Gasteiger partial charge in [0.1, 0.15) is 12.4 Å². The molecule has 2 aliphatic carbocycles. The first-order valence-corrected chi connectivity index (χ1v) is 11.4. The van der Waals surface area contributed by atoms with Gasteiger partial charge >= 0.3 is 0 Å². The molecule has 0 amide bonds. The fourth-order valence-corrected chi connectivity index (χ4v) is 5.49. The highest BCUT2D eigenvalue weighted by molar-refractivity contribution is 5.90. The quantitative estimate of drug-likeness (QED) is 0.345. The number of rotatable bonds is 4. The van der Waals surface area contributed by atoms with Crippen LogP contribution >= 0.6 is 0 Å². The maximum absolute atomic E-state index is 5.99. The van der Waals surface area contributed by atoms with Crippen molar-refractivity contribution < 1.29 is 4.74 Å². The van der Waals surface area contributed by atoms with Crippen LogP contribution in [0.1, 0.15) is 33.4 Å². The van der Waals surface area contributed by atoms with E-state index >= 15 is 0 Å². The zero-order chi connectivity index (χ0) is 21.4. The number of fused-ring (bicyclic) bond motifs is 2. The minimum atomic E-state index is 0.176. The van der Waals surface area contributed by atoms with Gasteiger partial charge in [-0.3, -0.25) is 0 Å². The average Bonchev–Trinajstić information content (AvgIpc) is 3.36. The Morgan fingerprint density at radius 1 is 0.625 bits per heavy atom. The van der Waals surface area contributed by atoms with E-state index in [0.29, 0.717) is 6.61 Å². The van der Waals surface area contributed by atoms with E-state index in [1.165, 1.54) is 39.0 Å². The molecule has 4 aromatic carbocycles. The molecule has 32 heavy (non-hydrogen) atoms. The number of benzene rings is 4. The van der Waals surface area contributed by atoms with Gasteiger partial charge < -0.3 is 4.74 Å². The van der Waals surface area contributed by atoms with Crippen LogP contribution < -0.4 is 4.74 Å². The summed E-state index contributed by atoms with van der Waals surface area (Å²) in [6.07, 6.45) is 5.80. The van der Waals surface area contributed by atoms with Crippen LogP contribution in [0.25, 0.3) is 11.6 Å². The lowest BCUT2D eigenvalue weighted by Gasteiger charge is -2.26. The van der Waals surface area contributed by atoms with Crippen LogP contribution in [0, 0.1) is 5.41 Å². The molecule has 0 aliphatic heterocycles. The third kappa shape index (κ3) is 3.44. The van der Waals surface area contributed by atoms with Gasteiger partial charge in [-0.25, -0.2) is 0 Å². The summed E-state index contributed by atoms with van der Waals surface area (Å²) in [5, 5.41) is 0. The fourth-order valence-electron chi connectivity index (χ4n) is 5.49. The Morgan fingerprint density at radius 2 is 1.22 bits per heavy atom. The molecule has 4 aromatic rings. The molecule has 0 heterocycles. The van der Waals surface area contributed by atoms with Crippen molar-refractivity contribution in [2.24, 2.45) is 5.41 Å². The van der Waals surface area contributed by atoms with E-state index in [1.807, 2.05) is 18.2 Å². The molecule has 0 unspecified atom stereocenters. The molecular weight excluding hydrogens is 388 g/mol. The summed E-state index contributed by atoms with van der Waals surface area (Å²) in [7, 11) is 0. The Bertz CT molecular complexity index is 1250. The summed E-state index contributed by atoms with van der Waals surface area (Å²) in [4.78, 5) is 0. The molecule has 0 saturated carbocycles. The molecule has 1 heteroatoms. The molecule has 6 rings (SSSR count). The van der Waals surface area contributed by atoms with Gasteiger partial charge in [0.2, 0.25) is 0 Å². The second kappa shape index (κ2) is 7.84. The molecule has 0 aromatic heterocycles. The highest BCUT2D eigenvalue weighted by atomic mass is 16.5. The highest BCUT2D eigenvalue weighted by Gasteiger charge is 2.45. The van der Waals surface area contributed by atoms with E-state index in [-0.39, 0.29) is 5.41 Å². The number of ether oxygens (including phenoxy) is 1. The first-order valence-electron chi connectivity index (χ1n) is 11.4. The summed E-state index contributed by atoms with van der Waals surface area (Å²) in [6.45, 7) is 0.593. The molecule has 0 radical (unpaired) electrons. The van der Waals surface area contributed by atoms with E-state index in [0.717, 1.165) is 25.0 Å². The normalized spacial score (nSPS) is 16.8. The lowest BCUT2D eigenvalue weighted by Crippen LogP contribution is -2.20. The summed E-state index contributed by atoms with van der Waals surface area (Å²) >= 11 is 0. The molecule has 0 atom stereocenters. The molecule has 156 valence electrons. The summed E-state index contributed by atoms with van der Waals surface area (Å²) in [5.41, 5.74) is 10.0. The Balaban J connectivity index is 1.30. The van der Waals surface area contributed by atoms with Gasteiger partial charge in [-0.1, -0.05) is 97.1 Å². The number of hydrogen-bond acceptors (Lipinski definition) is 1. The van der Waals surface area contributed by atoms with Crippen molar-refractivity contribution in [3.63, 3.8) is 0 Å². The first kappa shape index (κ1) is 19.1. The molecule has 0 bridgehead atoms. The van der Waals surface area contributed by atoms with Gasteiger partial charge in [0.15, 0.2) is 0 Å². The third-order valence-corrected chi connectivity index (χ3v) is 7.02. The number of allylic oxidation sites excluding steroid dienone is 1. The van der Waals surface area contributed by atoms with Crippen molar-refractivity contribution in [1.29, 1.82) is 0 Å². The van der Waals surface area contributed by atoms with E-state index < -0.39 is 0 Å². The Hall–Kier alpha value is -3.58. The summed E-state index contributed by atoms with van der Waals surface area (Å²) in [5.74, 6) is 0.908. The van der Waals surface area contributed by atoms with Crippen LogP contribution in [0.2, 0.25) is 0 Å². The van der Waals surface area contributed by atoms with E-state index in [1.54, 1.807) is 0 Å². The predicted molar refractivity (Wildman–Crippen MR) is 132 cm³/mol. The van der Waals surface area contributed by atoms with E-state index in [2.05, 4.69) is 91.0 Å². The minimum absolute atomic E-state index is 0.176. The molecule has 1 spiro atoms. The molecule has 0 N–H and O–H groups in total. The standard InChI is InChI=1S/C31H26O/c1-2-8-24(9-3-1)22-32-28-16-14-23(15-17-28)18-30-29-13-7-6-12-27(29)21-31(30)19-25-10-4-5-11-26(25)20-31/h1-18H,19-22H2. The lowest BCUT2D eigenvalue weighted by atomic mass is 9.77. The van der Waals surface area contributed by atoms with Crippen molar-refractivity contribution >= 4 is 11.6 Å². The molecule has 2 aliphatic rings. The Morgan fingerprint density at radius 3 is 1.94 bits per heavy atom. The predicted octanol–water partition coefficient (Wildman–Crippen LogP) is 7.15. The largest absolute Gasteiger partial charge is 0.489 e. The second-order valence-corrected chi connectivity index (χ2v) is 9.14. The summed E-state index contributed by atoms with van der Waals surface area (Å²) in [6, 6.07) is 36.8. The summed E-state index contributed by atoms with van der Waals surface area (Å²) < 4.78 is 5.99. The van der Waals surface area contributed by atoms with Crippen LogP contribution in [-0.4, -0.2) is 0 Å². The Labute approximate surface area is 190 Å². The van der Waals surface area contributed by atoms with Gasteiger partial charge in [0, 0.05) is 5.41 Å². The minimum Gasteiger partial charge on any atom is -0.489 e.